The van der Waals surface area contributed by atoms with Crippen LogP contribution in [0.3, 0.4) is 0 Å². The van der Waals surface area contributed by atoms with Crippen LogP contribution >= 0.6 is 11.3 Å². The first kappa shape index (κ1) is 22.0. The summed E-state index contributed by atoms with van der Waals surface area (Å²) in [5.41, 5.74) is 1.63. The first-order valence-electron chi connectivity index (χ1n) is 11.1. The number of hydrogen-bond donors (Lipinski definition) is 0. The third-order valence-electron chi connectivity index (χ3n) is 5.01. The number of thiazole rings is 1. The Morgan fingerprint density at radius 2 is 1.50 bits per heavy atom. The molecule has 2 heterocycles. The molecule has 0 unspecified atom stereocenters. The standard InChI is InChI=1S/C25H27N3O3S/c1-3-5-15-30-20-11-7-18(8-12-20)17-22-24(29)28-25(32-22)26-23(27-28)19-9-13-21(14-10-19)31-16-6-4-2/h7-14,17H,3-6,15-16H2,1-2H3/b22-17-. The lowest BCUT2D eigenvalue weighted by atomic mass is 10.2. The molecule has 4 aromatic rings. The third-order valence-corrected chi connectivity index (χ3v) is 5.96. The Morgan fingerprint density at radius 1 is 0.906 bits per heavy atom. The third kappa shape index (κ3) is 5.16. The summed E-state index contributed by atoms with van der Waals surface area (Å²) in [6.45, 7) is 5.70. The molecule has 166 valence electrons. The molecule has 0 atom stereocenters. The maximum atomic E-state index is 12.8. The number of rotatable bonds is 10. The van der Waals surface area contributed by atoms with E-state index in [-0.39, 0.29) is 5.56 Å². The van der Waals surface area contributed by atoms with E-state index in [0.717, 1.165) is 54.9 Å². The second-order valence-electron chi connectivity index (χ2n) is 7.54. The Morgan fingerprint density at radius 3 is 2.06 bits per heavy atom. The predicted molar refractivity (Wildman–Crippen MR) is 129 cm³/mol. The molecule has 0 spiro atoms. The molecule has 0 saturated heterocycles. The minimum atomic E-state index is -0.161. The van der Waals surface area contributed by atoms with Crippen LogP contribution < -0.4 is 19.6 Å². The molecule has 7 heteroatoms. The number of ether oxygens (including phenoxy) is 2. The minimum Gasteiger partial charge on any atom is -0.494 e. The zero-order valence-corrected chi connectivity index (χ0v) is 19.2. The van der Waals surface area contributed by atoms with Crippen molar-refractivity contribution in [1.29, 1.82) is 0 Å². The van der Waals surface area contributed by atoms with Crippen LogP contribution in [0.25, 0.3) is 22.4 Å². The molecule has 0 fully saturated rings. The molecule has 0 radical (unpaired) electrons. The summed E-state index contributed by atoms with van der Waals surface area (Å²) in [7, 11) is 0. The van der Waals surface area contributed by atoms with Crippen LogP contribution in [0.2, 0.25) is 0 Å². The van der Waals surface area contributed by atoms with E-state index in [1.165, 1.54) is 15.9 Å². The molecule has 0 aliphatic carbocycles. The Kier molecular flexibility index (Phi) is 7.17. The van der Waals surface area contributed by atoms with Crippen LogP contribution in [0, 0.1) is 0 Å². The SMILES string of the molecule is CCCCOc1ccc(/C=c2\sc3nc(-c4ccc(OCCCC)cc4)nn3c2=O)cc1. The number of hydrogen-bond acceptors (Lipinski definition) is 6. The number of fused-ring (bicyclic) bond motifs is 1. The highest BCUT2D eigenvalue weighted by Crippen LogP contribution is 2.21. The quantitative estimate of drug-likeness (QED) is 0.328. The maximum Gasteiger partial charge on any atom is 0.291 e. The van der Waals surface area contributed by atoms with Crippen molar-refractivity contribution in [2.24, 2.45) is 0 Å². The molecule has 0 amide bonds. The fourth-order valence-electron chi connectivity index (χ4n) is 3.14. The maximum absolute atomic E-state index is 12.8. The van der Waals surface area contributed by atoms with E-state index in [1.54, 1.807) is 0 Å². The monoisotopic (exact) mass is 449 g/mol. The van der Waals surface area contributed by atoms with Gasteiger partial charge in [0, 0.05) is 5.56 Å². The summed E-state index contributed by atoms with van der Waals surface area (Å²) < 4.78 is 13.4. The molecule has 0 saturated carbocycles. The molecule has 2 aromatic carbocycles. The van der Waals surface area contributed by atoms with Gasteiger partial charge >= 0.3 is 0 Å². The fourth-order valence-corrected chi connectivity index (χ4v) is 4.04. The Hall–Kier alpha value is -3.19. The lowest BCUT2D eigenvalue weighted by Gasteiger charge is -2.05. The number of nitrogens with zero attached hydrogens (tertiary/aromatic N) is 3. The average molecular weight is 450 g/mol. The van der Waals surface area contributed by atoms with Crippen LogP contribution in [0.4, 0.5) is 0 Å². The highest BCUT2D eigenvalue weighted by Gasteiger charge is 2.12. The minimum absolute atomic E-state index is 0.161. The Labute approximate surface area is 191 Å². The van der Waals surface area contributed by atoms with E-state index < -0.39 is 0 Å². The average Bonchev–Trinajstić information content (AvgIpc) is 3.35. The summed E-state index contributed by atoms with van der Waals surface area (Å²) in [6.07, 6.45) is 6.13. The van der Waals surface area contributed by atoms with Gasteiger partial charge in [-0.2, -0.15) is 9.50 Å². The van der Waals surface area contributed by atoms with Crippen molar-refractivity contribution in [3.63, 3.8) is 0 Å². The summed E-state index contributed by atoms with van der Waals surface area (Å²) in [5, 5.41) is 4.43. The van der Waals surface area contributed by atoms with E-state index in [9.17, 15) is 4.79 Å². The van der Waals surface area contributed by atoms with Gasteiger partial charge < -0.3 is 9.47 Å². The molecule has 32 heavy (non-hydrogen) atoms. The molecular weight excluding hydrogens is 422 g/mol. The van der Waals surface area contributed by atoms with E-state index in [0.29, 0.717) is 21.9 Å². The molecule has 2 aromatic heterocycles. The van der Waals surface area contributed by atoms with Gasteiger partial charge in [-0.1, -0.05) is 50.2 Å². The van der Waals surface area contributed by atoms with Crippen LogP contribution in [-0.2, 0) is 0 Å². The van der Waals surface area contributed by atoms with Gasteiger partial charge in [0.1, 0.15) is 11.5 Å². The van der Waals surface area contributed by atoms with Gasteiger partial charge in [-0.3, -0.25) is 4.79 Å². The van der Waals surface area contributed by atoms with E-state index in [2.05, 4.69) is 23.9 Å². The topological polar surface area (TPSA) is 65.7 Å². The molecule has 6 nitrogen and oxygen atoms in total. The van der Waals surface area contributed by atoms with Crippen molar-refractivity contribution in [3.05, 3.63) is 69.0 Å². The zero-order chi connectivity index (χ0) is 22.3. The molecular formula is C25H27N3O3S. The summed E-state index contributed by atoms with van der Waals surface area (Å²) in [5.74, 6) is 2.20. The number of aromatic nitrogens is 3. The lowest BCUT2D eigenvalue weighted by molar-refractivity contribution is 0.309. The Balaban J connectivity index is 1.51. The van der Waals surface area contributed by atoms with Gasteiger partial charge in [0.25, 0.3) is 5.56 Å². The second kappa shape index (κ2) is 10.4. The highest BCUT2D eigenvalue weighted by atomic mass is 32.1. The summed E-state index contributed by atoms with van der Waals surface area (Å²) >= 11 is 1.34. The summed E-state index contributed by atoms with van der Waals surface area (Å²) in [6, 6.07) is 15.4. The Bertz CT molecular complexity index is 1260. The first-order valence-corrected chi connectivity index (χ1v) is 11.9. The predicted octanol–water partition coefficient (Wildman–Crippen LogP) is 4.72. The van der Waals surface area contributed by atoms with Crippen LogP contribution in [0.15, 0.2) is 53.3 Å². The zero-order valence-electron chi connectivity index (χ0n) is 18.4. The van der Waals surface area contributed by atoms with Crippen molar-refractivity contribution in [3.8, 4) is 22.9 Å². The van der Waals surface area contributed by atoms with Gasteiger partial charge in [0.15, 0.2) is 5.82 Å². The van der Waals surface area contributed by atoms with Crippen LogP contribution in [0.5, 0.6) is 11.5 Å². The van der Waals surface area contributed by atoms with E-state index >= 15 is 0 Å². The van der Waals surface area contributed by atoms with Gasteiger partial charge in [0.05, 0.1) is 17.7 Å². The second-order valence-corrected chi connectivity index (χ2v) is 8.55. The van der Waals surface area contributed by atoms with Gasteiger partial charge in [-0.15, -0.1) is 5.10 Å². The van der Waals surface area contributed by atoms with Crippen molar-refractivity contribution < 1.29 is 9.47 Å². The van der Waals surface area contributed by atoms with Gasteiger partial charge in [0.2, 0.25) is 4.96 Å². The molecule has 0 N–H and O–H groups in total. The number of unbranched alkanes of at least 4 members (excludes halogenated alkanes) is 2. The van der Waals surface area contributed by atoms with Gasteiger partial charge in [-0.25, -0.2) is 0 Å². The smallest absolute Gasteiger partial charge is 0.291 e. The number of benzene rings is 2. The van der Waals surface area contributed by atoms with Crippen LogP contribution in [-0.4, -0.2) is 27.8 Å². The normalized spacial score (nSPS) is 11.9. The van der Waals surface area contributed by atoms with Crippen molar-refractivity contribution in [2.45, 2.75) is 39.5 Å². The molecule has 0 aliphatic rings. The largest absolute Gasteiger partial charge is 0.494 e. The first-order chi connectivity index (χ1) is 15.7. The van der Waals surface area contributed by atoms with Crippen molar-refractivity contribution >= 4 is 22.4 Å². The molecule has 4 rings (SSSR count). The fraction of sp³-hybridized carbons (Fsp3) is 0.320. The van der Waals surface area contributed by atoms with Crippen LogP contribution in [0.1, 0.15) is 45.1 Å². The lowest BCUT2D eigenvalue weighted by Crippen LogP contribution is -2.23. The highest BCUT2D eigenvalue weighted by molar-refractivity contribution is 7.15. The molecule has 0 bridgehead atoms. The summed E-state index contributed by atoms with van der Waals surface area (Å²) in [4.78, 5) is 18.0. The van der Waals surface area contributed by atoms with Crippen molar-refractivity contribution in [2.75, 3.05) is 13.2 Å². The molecule has 0 aliphatic heterocycles. The van der Waals surface area contributed by atoms with E-state index in [4.69, 9.17) is 9.47 Å². The van der Waals surface area contributed by atoms with Gasteiger partial charge in [-0.05, 0) is 60.9 Å². The van der Waals surface area contributed by atoms with Crippen molar-refractivity contribution in [1.82, 2.24) is 14.6 Å². The van der Waals surface area contributed by atoms with E-state index in [1.807, 2.05) is 54.6 Å².